The van der Waals surface area contributed by atoms with E-state index in [9.17, 15) is 8.42 Å². The van der Waals surface area contributed by atoms with Crippen molar-refractivity contribution in [3.63, 3.8) is 0 Å². The quantitative estimate of drug-likeness (QED) is 0.854. The highest BCUT2D eigenvalue weighted by molar-refractivity contribution is 7.89. The van der Waals surface area contributed by atoms with Gasteiger partial charge in [-0.25, -0.2) is 13.1 Å². The van der Waals surface area contributed by atoms with Crippen molar-refractivity contribution >= 4 is 10.0 Å². The van der Waals surface area contributed by atoms with Crippen molar-refractivity contribution in [3.8, 4) is 0 Å². The average molecular weight is 227 g/mol. The predicted molar refractivity (Wildman–Crippen MR) is 62.0 cm³/mol. The second-order valence-electron chi connectivity index (χ2n) is 3.82. The van der Waals surface area contributed by atoms with Crippen LogP contribution in [0.2, 0.25) is 0 Å². The highest BCUT2D eigenvalue weighted by Crippen LogP contribution is 2.28. The van der Waals surface area contributed by atoms with Gasteiger partial charge in [0.15, 0.2) is 0 Å². The molecule has 1 rings (SSSR count). The van der Waals surface area contributed by atoms with Gasteiger partial charge in [-0.2, -0.15) is 0 Å². The third-order valence-electron chi connectivity index (χ3n) is 2.35. The molecule has 0 radical (unpaired) electrons. The first kappa shape index (κ1) is 12.2. The first-order valence-corrected chi connectivity index (χ1v) is 6.51. The molecule has 1 aromatic carbocycles. The molecule has 1 aromatic rings. The molecular formula is C11H17NO2S. The van der Waals surface area contributed by atoms with Gasteiger partial charge in [0.25, 0.3) is 0 Å². The first-order valence-electron chi connectivity index (χ1n) is 4.96. The molecule has 1 unspecified atom stereocenters. The molecule has 0 aliphatic heterocycles. The Kier molecular flexibility index (Phi) is 3.88. The molecular weight excluding hydrogens is 210 g/mol. The number of nitrogens with one attached hydrogen (secondary N) is 1. The Hall–Kier alpha value is -0.870. The maximum absolute atomic E-state index is 11.8. The van der Waals surface area contributed by atoms with E-state index in [0.717, 1.165) is 5.56 Å². The van der Waals surface area contributed by atoms with Gasteiger partial charge in [0.1, 0.15) is 5.25 Å². The molecule has 4 heteroatoms. The van der Waals surface area contributed by atoms with Crippen molar-refractivity contribution in [3.05, 3.63) is 35.9 Å². The van der Waals surface area contributed by atoms with Gasteiger partial charge in [-0.15, -0.1) is 0 Å². The van der Waals surface area contributed by atoms with E-state index in [1.165, 1.54) is 7.05 Å². The highest BCUT2D eigenvalue weighted by Gasteiger charge is 2.28. The lowest BCUT2D eigenvalue weighted by atomic mass is 10.0. The number of hydrogen-bond acceptors (Lipinski definition) is 2. The number of rotatable bonds is 4. The van der Waals surface area contributed by atoms with Gasteiger partial charge in [-0.1, -0.05) is 44.2 Å². The summed E-state index contributed by atoms with van der Waals surface area (Å²) in [5.74, 6) is 0.0462. The van der Waals surface area contributed by atoms with E-state index in [-0.39, 0.29) is 5.92 Å². The van der Waals surface area contributed by atoms with Crippen LogP contribution in [0.5, 0.6) is 0 Å². The summed E-state index contributed by atoms with van der Waals surface area (Å²) in [5.41, 5.74) is 0.835. The van der Waals surface area contributed by atoms with Gasteiger partial charge >= 0.3 is 0 Å². The van der Waals surface area contributed by atoms with Crippen LogP contribution in [0.4, 0.5) is 0 Å². The van der Waals surface area contributed by atoms with Gasteiger partial charge in [0.2, 0.25) is 10.0 Å². The van der Waals surface area contributed by atoms with Crippen LogP contribution in [0.25, 0.3) is 0 Å². The van der Waals surface area contributed by atoms with Crippen LogP contribution in [0.1, 0.15) is 24.7 Å². The lowest BCUT2D eigenvalue weighted by Gasteiger charge is -2.20. The molecule has 0 spiro atoms. The normalized spacial score (nSPS) is 14.1. The highest BCUT2D eigenvalue weighted by atomic mass is 32.2. The Morgan fingerprint density at radius 2 is 1.67 bits per heavy atom. The van der Waals surface area contributed by atoms with Gasteiger partial charge in [-0.05, 0) is 18.5 Å². The smallest absolute Gasteiger partial charge is 0.218 e. The number of sulfonamides is 1. The Bertz CT molecular complexity index is 398. The Morgan fingerprint density at radius 3 is 2.07 bits per heavy atom. The third kappa shape index (κ3) is 2.79. The predicted octanol–water partition coefficient (Wildman–Crippen LogP) is 1.93. The van der Waals surface area contributed by atoms with Crippen LogP contribution in [0.3, 0.4) is 0 Å². The zero-order valence-electron chi connectivity index (χ0n) is 9.27. The van der Waals surface area contributed by atoms with Crippen LogP contribution in [-0.2, 0) is 10.0 Å². The standard InChI is InChI=1S/C11H17NO2S/c1-9(2)11(15(13,14)12-3)10-7-5-4-6-8-10/h4-9,11-12H,1-3H3. The molecule has 0 fully saturated rings. The second-order valence-corrected chi connectivity index (χ2v) is 5.83. The van der Waals surface area contributed by atoms with Crippen molar-refractivity contribution in [1.82, 2.24) is 4.72 Å². The zero-order chi connectivity index (χ0) is 11.5. The summed E-state index contributed by atoms with van der Waals surface area (Å²) in [5, 5.41) is -0.483. The summed E-state index contributed by atoms with van der Waals surface area (Å²) < 4.78 is 26.1. The van der Waals surface area contributed by atoms with Crippen LogP contribution < -0.4 is 4.72 Å². The van der Waals surface area contributed by atoms with Crippen molar-refractivity contribution in [1.29, 1.82) is 0 Å². The van der Waals surface area contributed by atoms with Crippen LogP contribution in [0.15, 0.2) is 30.3 Å². The molecule has 1 N–H and O–H groups in total. The molecule has 15 heavy (non-hydrogen) atoms. The molecule has 0 bridgehead atoms. The van der Waals surface area contributed by atoms with Crippen LogP contribution in [-0.4, -0.2) is 15.5 Å². The fourth-order valence-electron chi connectivity index (χ4n) is 1.69. The van der Waals surface area contributed by atoms with E-state index in [4.69, 9.17) is 0 Å². The van der Waals surface area contributed by atoms with Crippen molar-refractivity contribution in [2.75, 3.05) is 7.05 Å². The van der Waals surface area contributed by atoms with Gasteiger partial charge < -0.3 is 0 Å². The van der Waals surface area contributed by atoms with Crippen LogP contribution >= 0.6 is 0 Å². The van der Waals surface area contributed by atoms with Gasteiger partial charge in [0.05, 0.1) is 0 Å². The largest absolute Gasteiger partial charge is 0.218 e. The van der Waals surface area contributed by atoms with E-state index in [1.807, 2.05) is 44.2 Å². The fourth-order valence-corrected chi connectivity index (χ4v) is 3.18. The summed E-state index contributed by atoms with van der Waals surface area (Å²) in [6.45, 7) is 3.82. The molecule has 0 saturated heterocycles. The van der Waals surface area contributed by atoms with E-state index in [0.29, 0.717) is 0 Å². The van der Waals surface area contributed by atoms with E-state index >= 15 is 0 Å². The monoisotopic (exact) mass is 227 g/mol. The summed E-state index contributed by atoms with van der Waals surface area (Å²) in [6.07, 6.45) is 0. The van der Waals surface area contributed by atoms with Gasteiger partial charge in [0, 0.05) is 0 Å². The first-order chi connectivity index (χ1) is 6.99. The van der Waals surface area contributed by atoms with E-state index < -0.39 is 15.3 Å². The number of hydrogen-bond donors (Lipinski definition) is 1. The second kappa shape index (κ2) is 4.77. The third-order valence-corrected chi connectivity index (χ3v) is 4.41. The van der Waals surface area contributed by atoms with E-state index in [2.05, 4.69) is 4.72 Å². The molecule has 3 nitrogen and oxygen atoms in total. The lowest BCUT2D eigenvalue weighted by molar-refractivity contribution is 0.533. The molecule has 84 valence electrons. The molecule has 0 aliphatic rings. The Labute approximate surface area is 91.6 Å². The molecule has 0 saturated carbocycles. The minimum Gasteiger partial charge on any atom is -0.218 e. The van der Waals surface area contributed by atoms with Gasteiger partial charge in [-0.3, -0.25) is 0 Å². The average Bonchev–Trinajstić information content (AvgIpc) is 2.18. The van der Waals surface area contributed by atoms with E-state index in [1.54, 1.807) is 0 Å². The summed E-state index contributed by atoms with van der Waals surface area (Å²) in [6, 6.07) is 9.29. The zero-order valence-corrected chi connectivity index (χ0v) is 10.1. The van der Waals surface area contributed by atoms with Crippen LogP contribution in [0, 0.1) is 5.92 Å². The van der Waals surface area contributed by atoms with Crippen molar-refractivity contribution in [2.45, 2.75) is 19.1 Å². The lowest BCUT2D eigenvalue weighted by Crippen LogP contribution is -2.29. The van der Waals surface area contributed by atoms with Crippen molar-refractivity contribution in [2.24, 2.45) is 5.92 Å². The Morgan fingerprint density at radius 1 is 1.13 bits per heavy atom. The minimum absolute atomic E-state index is 0.0462. The fraction of sp³-hybridized carbons (Fsp3) is 0.455. The molecule has 1 atom stereocenters. The minimum atomic E-state index is -3.26. The topological polar surface area (TPSA) is 46.2 Å². The molecule has 0 aromatic heterocycles. The molecule has 0 aliphatic carbocycles. The maximum atomic E-state index is 11.8. The maximum Gasteiger partial charge on any atom is 0.218 e. The van der Waals surface area contributed by atoms with Crippen molar-refractivity contribution < 1.29 is 8.42 Å². The summed E-state index contributed by atoms with van der Waals surface area (Å²) in [4.78, 5) is 0. The Balaban J connectivity index is 3.16. The summed E-state index contributed by atoms with van der Waals surface area (Å²) >= 11 is 0. The summed E-state index contributed by atoms with van der Waals surface area (Å²) in [7, 11) is -1.81. The molecule has 0 amide bonds. The SMILES string of the molecule is CNS(=O)(=O)C(c1ccccc1)C(C)C. The number of benzene rings is 1. The molecule has 0 heterocycles.